The van der Waals surface area contributed by atoms with Gasteiger partial charge in [-0.15, -0.1) is 0 Å². The van der Waals surface area contributed by atoms with Crippen LogP contribution >= 0.6 is 0 Å². The van der Waals surface area contributed by atoms with Gasteiger partial charge in [-0.25, -0.2) is 4.79 Å². The van der Waals surface area contributed by atoms with Gasteiger partial charge in [0.2, 0.25) is 0 Å². The molecule has 11 atom stereocenters. The van der Waals surface area contributed by atoms with Crippen LogP contribution in [-0.2, 0) is 63.7 Å². The normalized spacial score (nSPS) is 30.5. The monoisotopic (exact) mass is 927 g/mol. The Balaban J connectivity index is 1.38. The van der Waals surface area contributed by atoms with Crippen molar-refractivity contribution in [3.63, 3.8) is 0 Å². The van der Waals surface area contributed by atoms with Crippen LogP contribution < -0.4 is 5.32 Å². The molecule has 0 radical (unpaired) electrons. The van der Waals surface area contributed by atoms with Crippen LogP contribution in [0, 0.1) is 16.7 Å². The van der Waals surface area contributed by atoms with Crippen molar-refractivity contribution in [1.82, 2.24) is 5.32 Å². The van der Waals surface area contributed by atoms with E-state index in [0.29, 0.717) is 11.1 Å². The summed E-state index contributed by atoms with van der Waals surface area (Å²) in [6.45, 7) is 8.95. The molecule has 0 aromatic heterocycles. The van der Waals surface area contributed by atoms with E-state index in [4.69, 9.17) is 37.9 Å². The molecule has 1 aliphatic heterocycles. The Morgan fingerprint density at radius 2 is 1.51 bits per heavy atom. The molecular weight excluding hydrogens is 867 g/mol. The highest BCUT2D eigenvalue weighted by atomic mass is 16.7. The number of Topliss-reactive ketones (excluding diaryl/α,β-unsaturated/α-hetero) is 1. The van der Waals surface area contributed by atoms with Gasteiger partial charge in [-0.2, -0.15) is 0 Å². The molecule has 4 aliphatic rings. The minimum absolute atomic E-state index is 0.0409. The third kappa shape index (κ3) is 9.32. The summed E-state index contributed by atoms with van der Waals surface area (Å²) in [6, 6.07) is 24.6. The molecule has 2 bridgehead atoms. The van der Waals surface area contributed by atoms with Gasteiger partial charge in [-0.05, 0) is 48.3 Å². The first-order valence-electron chi connectivity index (χ1n) is 22.5. The molecule has 3 aliphatic carbocycles. The summed E-state index contributed by atoms with van der Waals surface area (Å²) >= 11 is 0. The van der Waals surface area contributed by atoms with Gasteiger partial charge in [-0.3, -0.25) is 19.2 Å². The lowest BCUT2D eigenvalue weighted by Crippen LogP contribution is -2.82. The van der Waals surface area contributed by atoms with Gasteiger partial charge in [0.25, 0.3) is 5.91 Å². The highest BCUT2D eigenvalue weighted by molar-refractivity contribution is 5.96. The quantitative estimate of drug-likeness (QED) is 0.0549. The zero-order valence-corrected chi connectivity index (χ0v) is 38.9. The highest BCUT2D eigenvalue weighted by Crippen LogP contribution is 2.65. The van der Waals surface area contributed by atoms with E-state index in [0.717, 1.165) is 6.92 Å². The number of benzene rings is 3. The molecule has 16 nitrogen and oxygen atoms in total. The number of carbonyl (C=O) groups excluding carboxylic acids is 5. The van der Waals surface area contributed by atoms with Crippen molar-refractivity contribution < 1.29 is 72.1 Å². The van der Waals surface area contributed by atoms with Crippen molar-refractivity contribution in [2.45, 2.75) is 115 Å². The van der Waals surface area contributed by atoms with Crippen molar-refractivity contribution in [2.24, 2.45) is 16.7 Å². The Morgan fingerprint density at radius 1 is 0.866 bits per heavy atom. The summed E-state index contributed by atoms with van der Waals surface area (Å²) in [6.07, 6.45) is -8.72. The predicted molar refractivity (Wildman–Crippen MR) is 239 cm³/mol. The van der Waals surface area contributed by atoms with Crippen LogP contribution in [0.3, 0.4) is 0 Å². The van der Waals surface area contributed by atoms with E-state index in [1.54, 1.807) is 88.4 Å². The van der Waals surface area contributed by atoms with Gasteiger partial charge < -0.3 is 53.4 Å². The average molecular weight is 928 g/mol. The van der Waals surface area contributed by atoms with Gasteiger partial charge in [0.05, 0.1) is 50.1 Å². The van der Waals surface area contributed by atoms with E-state index in [9.17, 15) is 29.4 Å². The molecule has 1 saturated heterocycles. The maximum Gasteiger partial charge on any atom is 0.338 e. The van der Waals surface area contributed by atoms with Crippen molar-refractivity contribution in [1.29, 1.82) is 0 Å². The molecule has 16 heteroatoms. The third-order valence-corrected chi connectivity index (χ3v) is 14.3. The van der Waals surface area contributed by atoms with E-state index < -0.39 is 100 Å². The van der Waals surface area contributed by atoms with Crippen LogP contribution in [-0.4, -0.2) is 121 Å². The second-order valence-corrected chi connectivity index (χ2v) is 18.5. The number of methoxy groups -OCH3 is 1. The third-order valence-electron chi connectivity index (χ3n) is 14.3. The SMILES string of the molecule is COCCOCO[C@H]1C[C@H]2OC[C@@]2(OC(C)=O)C2[C@H](OCc3ccccc3)[C@]3(O)CC(OC(=O)[C@H](O)[C@@H](NC(=O)c4ccccc4)c4ccccc4)C(C)=C([C@@H](OC(C)=O)C(=O)[C@@]21C)C3(C)C. The zero-order chi connectivity index (χ0) is 48.3. The number of fused-ring (bicyclic) bond motifs is 5. The summed E-state index contributed by atoms with van der Waals surface area (Å²) in [5, 5.41) is 28.7. The largest absolute Gasteiger partial charge is 0.456 e. The predicted octanol–water partition coefficient (Wildman–Crippen LogP) is 4.74. The second kappa shape index (κ2) is 20.1. The van der Waals surface area contributed by atoms with E-state index in [2.05, 4.69) is 5.32 Å². The van der Waals surface area contributed by atoms with Crippen LogP contribution in [0.15, 0.2) is 102 Å². The number of nitrogens with one attached hydrogen (secondary N) is 1. The summed E-state index contributed by atoms with van der Waals surface area (Å²) in [4.78, 5) is 70.6. The Kier molecular flexibility index (Phi) is 14.9. The molecule has 1 amide bonds. The molecule has 3 aromatic rings. The fourth-order valence-electron chi connectivity index (χ4n) is 10.8. The highest BCUT2D eigenvalue weighted by Gasteiger charge is 2.78. The lowest BCUT2D eigenvalue weighted by atomic mass is 9.44. The molecule has 0 spiro atoms. The zero-order valence-electron chi connectivity index (χ0n) is 38.9. The topological polar surface area (TPSA) is 212 Å². The van der Waals surface area contributed by atoms with Crippen LogP contribution in [0.4, 0.5) is 0 Å². The molecule has 67 heavy (non-hydrogen) atoms. The number of hydrogen-bond acceptors (Lipinski definition) is 15. The molecule has 7 rings (SSSR count). The lowest BCUT2D eigenvalue weighted by Gasteiger charge is -2.68. The van der Waals surface area contributed by atoms with Crippen molar-refractivity contribution >= 4 is 29.6 Å². The molecular formula is C51H61NO15. The molecule has 2 saturated carbocycles. The molecule has 1 heterocycles. The first-order chi connectivity index (χ1) is 31.9. The smallest absolute Gasteiger partial charge is 0.338 e. The summed E-state index contributed by atoms with van der Waals surface area (Å²) in [5.41, 5.74) is -5.19. The Labute approximate surface area is 390 Å². The van der Waals surface area contributed by atoms with Gasteiger partial charge in [0.1, 0.15) is 24.6 Å². The van der Waals surface area contributed by atoms with Crippen LogP contribution in [0.1, 0.15) is 81.9 Å². The summed E-state index contributed by atoms with van der Waals surface area (Å²) in [5.74, 6) is -5.13. The van der Waals surface area contributed by atoms with Gasteiger partial charge in [0, 0.05) is 50.7 Å². The van der Waals surface area contributed by atoms with Gasteiger partial charge in [0.15, 0.2) is 23.6 Å². The van der Waals surface area contributed by atoms with E-state index in [-0.39, 0.29) is 62.8 Å². The fourth-order valence-corrected chi connectivity index (χ4v) is 10.8. The number of ketones is 1. The van der Waals surface area contributed by atoms with Gasteiger partial charge in [-0.1, -0.05) is 92.7 Å². The number of aliphatic hydroxyl groups excluding tert-OH is 1. The maximum atomic E-state index is 16.0. The van der Waals surface area contributed by atoms with Crippen molar-refractivity contribution in [2.75, 3.05) is 33.7 Å². The van der Waals surface area contributed by atoms with E-state index in [1.807, 2.05) is 30.3 Å². The standard InChI is InChI=1S/C51H61NO15/c1-30-36(66-47(58)41(55)40(34-19-13-9-14-20-34)52-46(57)35-21-15-10-16-22-35)26-51(59)45(62-27-33-17-11-8-12-18-33)43-49(6,44(56)42(65-31(2)53)39(30)48(51,4)5)37(64-29-61-24-23-60-7)25-38-50(43,28-63-38)67-32(3)54/h8-22,36-38,40-43,45,55,59H,23-29H2,1-7H3,(H,52,57)/t36?,37-,38+,40-,41+,42+,43?,45-,49+,50-,51+/m0/s1. The second-order valence-electron chi connectivity index (χ2n) is 18.5. The van der Waals surface area contributed by atoms with Crippen molar-refractivity contribution in [3.8, 4) is 0 Å². The Hall–Kier alpha value is -5.33. The number of ether oxygens (including phenoxy) is 8. The lowest BCUT2D eigenvalue weighted by molar-refractivity contribution is -0.357. The fraction of sp³-hybridized carbons (Fsp3) is 0.510. The number of aliphatic hydroxyl groups is 2. The van der Waals surface area contributed by atoms with Crippen molar-refractivity contribution in [3.05, 3.63) is 119 Å². The first-order valence-corrected chi connectivity index (χ1v) is 22.5. The number of amides is 1. The first kappa shape index (κ1) is 49.6. The molecule has 3 N–H and O–H groups in total. The Bertz CT molecular complexity index is 2310. The number of rotatable bonds is 17. The van der Waals surface area contributed by atoms with Crippen LogP contribution in [0.5, 0.6) is 0 Å². The molecule has 3 fully saturated rings. The summed E-state index contributed by atoms with van der Waals surface area (Å²) in [7, 11) is 1.53. The molecule has 2 unspecified atom stereocenters. The number of hydrogen-bond donors (Lipinski definition) is 3. The van der Waals surface area contributed by atoms with Gasteiger partial charge >= 0.3 is 17.9 Å². The van der Waals surface area contributed by atoms with Crippen LogP contribution in [0.2, 0.25) is 0 Å². The summed E-state index contributed by atoms with van der Waals surface area (Å²) < 4.78 is 49.1. The number of esters is 3. The average Bonchev–Trinajstić information content (AvgIpc) is 3.30. The minimum Gasteiger partial charge on any atom is -0.456 e. The molecule has 360 valence electrons. The number of carbonyl (C=O) groups is 5. The van der Waals surface area contributed by atoms with E-state index >= 15 is 4.79 Å². The van der Waals surface area contributed by atoms with Crippen LogP contribution in [0.25, 0.3) is 0 Å². The minimum atomic E-state index is -2.15. The molecule has 3 aromatic carbocycles. The Morgan fingerprint density at radius 3 is 2.10 bits per heavy atom. The van der Waals surface area contributed by atoms with E-state index in [1.165, 1.54) is 14.0 Å². The maximum absolute atomic E-state index is 16.0.